The molecule has 4 rings (SSSR count). The predicted octanol–water partition coefficient (Wildman–Crippen LogP) is 7.92. The zero-order valence-electron chi connectivity index (χ0n) is 24.5. The second-order valence-corrected chi connectivity index (χ2v) is 14.0. The third-order valence-electron chi connectivity index (χ3n) is 11.3. The lowest BCUT2D eigenvalue weighted by Gasteiger charge is -2.58. The minimum Gasteiger partial charge on any atom is -0.396 e. The Bertz CT molecular complexity index is 680. The summed E-state index contributed by atoms with van der Waals surface area (Å²) in [5.41, 5.74) is 2.60. The van der Waals surface area contributed by atoms with Gasteiger partial charge in [0.25, 0.3) is 0 Å². The number of hydrogen-bond donors (Lipinski definition) is 3. The van der Waals surface area contributed by atoms with Crippen LogP contribution < -0.4 is 0 Å². The van der Waals surface area contributed by atoms with Crippen LogP contribution in [0.15, 0.2) is 11.6 Å². The van der Waals surface area contributed by atoms with Gasteiger partial charge in [-0.3, -0.25) is 0 Å². The summed E-state index contributed by atoms with van der Waals surface area (Å²) in [6, 6.07) is 0. The van der Waals surface area contributed by atoms with Gasteiger partial charge in [-0.05, 0) is 111 Å². The van der Waals surface area contributed by atoms with Crippen LogP contribution in [-0.2, 0) is 0 Å². The molecule has 3 nitrogen and oxygen atoms in total. The molecule has 3 saturated carbocycles. The summed E-state index contributed by atoms with van der Waals surface area (Å²) in [6.45, 7) is 13.1. The Morgan fingerprint density at radius 2 is 1.53 bits per heavy atom. The Hall–Kier alpha value is -0.380. The van der Waals surface area contributed by atoms with Crippen molar-refractivity contribution in [3.05, 3.63) is 11.6 Å². The van der Waals surface area contributed by atoms with Crippen LogP contribution in [0.25, 0.3) is 0 Å². The fraction of sp³-hybridized carbons (Fsp3) is 0.939. The average molecular weight is 505 g/mol. The van der Waals surface area contributed by atoms with E-state index in [1.54, 1.807) is 5.57 Å². The fourth-order valence-electron chi connectivity index (χ4n) is 9.24. The molecule has 4 aliphatic carbocycles. The summed E-state index contributed by atoms with van der Waals surface area (Å²) in [4.78, 5) is 0. The van der Waals surface area contributed by atoms with Crippen molar-refractivity contribution in [2.45, 2.75) is 137 Å². The van der Waals surface area contributed by atoms with Gasteiger partial charge in [-0.2, -0.15) is 0 Å². The molecule has 0 radical (unpaired) electrons. The molecule has 0 saturated heterocycles. The molecule has 0 aromatic heterocycles. The largest absolute Gasteiger partial charge is 0.396 e. The first-order chi connectivity index (χ1) is 17.2. The minimum atomic E-state index is -0.0766. The highest BCUT2D eigenvalue weighted by atomic mass is 16.3. The quantitative estimate of drug-likeness (QED) is 0.209. The normalized spacial score (nSPS) is 38.4. The van der Waals surface area contributed by atoms with E-state index in [1.807, 2.05) is 0 Å². The molecule has 0 bridgehead atoms. The summed E-state index contributed by atoms with van der Waals surface area (Å²) < 4.78 is 0. The van der Waals surface area contributed by atoms with Gasteiger partial charge in [0.05, 0.1) is 6.10 Å². The van der Waals surface area contributed by atoms with Gasteiger partial charge in [-0.1, -0.05) is 78.4 Å². The van der Waals surface area contributed by atoms with E-state index in [0.29, 0.717) is 10.8 Å². The first kappa shape index (κ1) is 30.2. The molecular formula is C33H60O3. The van der Waals surface area contributed by atoms with E-state index in [-0.39, 0.29) is 19.3 Å². The predicted molar refractivity (Wildman–Crippen MR) is 152 cm³/mol. The Morgan fingerprint density at radius 3 is 2.17 bits per heavy atom. The van der Waals surface area contributed by atoms with Crippen molar-refractivity contribution in [1.82, 2.24) is 0 Å². The first-order valence-electron chi connectivity index (χ1n) is 15.8. The van der Waals surface area contributed by atoms with E-state index in [9.17, 15) is 5.11 Å². The molecule has 8 atom stereocenters. The minimum absolute atomic E-state index is 0.0766. The average Bonchev–Trinajstić information content (AvgIpc) is 3.20. The van der Waals surface area contributed by atoms with Gasteiger partial charge in [-0.25, -0.2) is 0 Å². The van der Waals surface area contributed by atoms with Crippen molar-refractivity contribution < 1.29 is 15.3 Å². The summed E-state index contributed by atoms with van der Waals surface area (Å²) in [6.07, 6.45) is 21.0. The highest BCUT2D eigenvalue weighted by Gasteiger charge is 2.59. The van der Waals surface area contributed by atoms with Gasteiger partial charge >= 0.3 is 0 Å². The number of aliphatic hydroxyl groups is 3. The lowest BCUT2D eigenvalue weighted by molar-refractivity contribution is -0.0573. The van der Waals surface area contributed by atoms with E-state index >= 15 is 0 Å². The Morgan fingerprint density at radius 1 is 0.833 bits per heavy atom. The van der Waals surface area contributed by atoms with Gasteiger partial charge in [0.2, 0.25) is 0 Å². The number of aliphatic hydroxyl groups excluding tert-OH is 3. The van der Waals surface area contributed by atoms with Gasteiger partial charge in [0, 0.05) is 13.2 Å². The molecule has 0 spiro atoms. The van der Waals surface area contributed by atoms with Crippen molar-refractivity contribution in [3.63, 3.8) is 0 Å². The van der Waals surface area contributed by atoms with Crippen molar-refractivity contribution >= 4 is 0 Å². The Balaban J connectivity index is 0.000000392. The van der Waals surface area contributed by atoms with Gasteiger partial charge in [-0.15, -0.1) is 0 Å². The molecule has 1 unspecified atom stereocenters. The first-order valence-corrected chi connectivity index (χ1v) is 15.8. The third kappa shape index (κ3) is 6.78. The lowest BCUT2D eigenvalue weighted by Crippen LogP contribution is -2.50. The maximum atomic E-state index is 10.2. The highest BCUT2D eigenvalue weighted by Crippen LogP contribution is 2.67. The molecule has 0 aromatic carbocycles. The smallest absolute Gasteiger partial charge is 0.0577 e. The maximum Gasteiger partial charge on any atom is 0.0577 e. The van der Waals surface area contributed by atoms with Crippen molar-refractivity contribution in [2.24, 2.45) is 46.3 Å². The van der Waals surface area contributed by atoms with Crippen LogP contribution in [-0.4, -0.2) is 34.6 Å². The lowest BCUT2D eigenvalue weighted by atomic mass is 9.47. The van der Waals surface area contributed by atoms with Crippen molar-refractivity contribution in [3.8, 4) is 0 Å². The molecule has 36 heavy (non-hydrogen) atoms. The second kappa shape index (κ2) is 13.6. The maximum absolute atomic E-state index is 10.2. The molecule has 210 valence electrons. The number of unbranched alkanes of at least 4 members (excludes halogenated alkanes) is 3. The third-order valence-corrected chi connectivity index (χ3v) is 11.3. The van der Waals surface area contributed by atoms with Gasteiger partial charge < -0.3 is 15.3 Å². The zero-order chi connectivity index (χ0) is 26.3. The standard InChI is InChI=1S/C27H46O.C6H14O2/c1-18(2)7-6-8-19(3)23-11-12-24-22-10-9-20-17-21(28)13-15-26(20,4)25(22)14-16-27(23,24)5;7-5-3-1-2-4-6-8/h9,18-19,21-25,28H,6-8,10-17H2,1-5H3;7-8H,1-6H2/t19?,21-,22-,23+,24-,25-,26-,27+;/m0./s1. The molecule has 0 aromatic rings. The zero-order valence-corrected chi connectivity index (χ0v) is 24.5. The Kier molecular flexibility index (Phi) is 11.4. The van der Waals surface area contributed by atoms with E-state index in [0.717, 1.165) is 74.0 Å². The molecule has 4 aliphatic rings. The molecule has 0 amide bonds. The number of fused-ring (bicyclic) bond motifs is 5. The molecule has 3 heteroatoms. The fourth-order valence-corrected chi connectivity index (χ4v) is 9.24. The van der Waals surface area contributed by atoms with E-state index in [1.165, 1.54) is 57.8 Å². The van der Waals surface area contributed by atoms with Crippen LogP contribution in [0, 0.1) is 46.3 Å². The van der Waals surface area contributed by atoms with E-state index in [4.69, 9.17) is 10.2 Å². The second-order valence-electron chi connectivity index (χ2n) is 14.0. The van der Waals surface area contributed by atoms with Crippen LogP contribution in [0.3, 0.4) is 0 Å². The summed E-state index contributed by atoms with van der Waals surface area (Å²) in [5, 5.41) is 26.8. The molecule has 3 N–H and O–H groups in total. The summed E-state index contributed by atoms with van der Waals surface area (Å²) in [7, 11) is 0. The van der Waals surface area contributed by atoms with E-state index in [2.05, 4.69) is 40.7 Å². The summed E-state index contributed by atoms with van der Waals surface area (Å²) >= 11 is 0. The number of rotatable bonds is 10. The van der Waals surface area contributed by atoms with Gasteiger partial charge in [0.1, 0.15) is 0 Å². The van der Waals surface area contributed by atoms with Crippen LogP contribution in [0.4, 0.5) is 0 Å². The number of allylic oxidation sites excluding steroid dienone is 1. The van der Waals surface area contributed by atoms with Gasteiger partial charge in [0.15, 0.2) is 0 Å². The van der Waals surface area contributed by atoms with Crippen LogP contribution in [0.2, 0.25) is 0 Å². The van der Waals surface area contributed by atoms with E-state index < -0.39 is 0 Å². The SMILES string of the molecule is CC(C)CCCC(C)[C@H]1CC[C@H]2[C@@H]3CC=C4C[C@@H](O)CC[C@]4(C)[C@H]3CC[C@]12C.OCCCCCCO. The van der Waals surface area contributed by atoms with Crippen LogP contribution in [0.5, 0.6) is 0 Å². The topological polar surface area (TPSA) is 60.7 Å². The molecule has 0 aliphatic heterocycles. The van der Waals surface area contributed by atoms with Crippen molar-refractivity contribution in [1.29, 1.82) is 0 Å². The van der Waals surface area contributed by atoms with Crippen LogP contribution >= 0.6 is 0 Å². The van der Waals surface area contributed by atoms with Crippen LogP contribution in [0.1, 0.15) is 131 Å². The van der Waals surface area contributed by atoms with Crippen molar-refractivity contribution in [2.75, 3.05) is 13.2 Å². The highest BCUT2D eigenvalue weighted by molar-refractivity contribution is 5.25. The Labute approximate surface area is 223 Å². The molecule has 3 fully saturated rings. The number of hydrogen-bond acceptors (Lipinski definition) is 3. The molecular weight excluding hydrogens is 444 g/mol. The molecule has 0 heterocycles. The monoisotopic (exact) mass is 504 g/mol. The summed E-state index contributed by atoms with van der Waals surface area (Å²) in [5.74, 6) is 5.46.